The molecule has 5 aromatic rings. The van der Waals surface area contributed by atoms with Gasteiger partial charge in [0, 0.05) is 28.6 Å². The highest BCUT2D eigenvalue weighted by Gasteiger charge is 2.24. The summed E-state index contributed by atoms with van der Waals surface area (Å²) in [6.07, 6.45) is 0.967. The summed E-state index contributed by atoms with van der Waals surface area (Å²) >= 11 is 0. The summed E-state index contributed by atoms with van der Waals surface area (Å²) in [4.78, 5) is 7.31. The van der Waals surface area contributed by atoms with E-state index in [-0.39, 0.29) is 0 Å². The first-order chi connectivity index (χ1) is 13.9. The van der Waals surface area contributed by atoms with Gasteiger partial charge in [0.05, 0.1) is 16.7 Å². The Morgan fingerprint density at radius 2 is 1.18 bits per heavy atom. The number of rotatable bonds is 1. The van der Waals surface area contributed by atoms with Crippen molar-refractivity contribution in [2.45, 2.75) is 6.42 Å². The highest BCUT2D eigenvalue weighted by molar-refractivity contribution is 6.03. The summed E-state index contributed by atoms with van der Waals surface area (Å²) in [5.74, 6) is 0. The maximum atomic E-state index is 4.92. The van der Waals surface area contributed by atoms with E-state index in [1.165, 1.54) is 39.0 Å². The van der Waals surface area contributed by atoms with Crippen LogP contribution in [-0.2, 0) is 6.42 Å². The van der Waals surface area contributed by atoms with Gasteiger partial charge < -0.3 is 4.90 Å². The van der Waals surface area contributed by atoms with E-state index in [4.69, 9.17) is 4.98 Å². The lowest BCUT2D eigenvalue weighted by molar-refractivity contribution is 1.09. The maximum Gasteiger partial charge on any atom is 0.0730 e. The van der Waals surface area contributed by atoms with Gasteiger partial charge in [-0.15, -0.1) is 0 Å². The Labute approximate surface area is 163 Å². The van der Waals surface area contributed by atoms with Crippen molar-refractivity contribution < 1.29 is 0 Å². The molecule has 0 aliphatic carbocycles. The van der Waals surface area contributed by atoms with Crippen molar-refractivity contribution in [3.8, 4) is 0 Å². The topological polar surface area (TPSA) is 16.1 Å². The monoisotopic (exact) mass is 358 g/mol. The predicted molar refractivity (Wildman–Crippen MR) is 117 cm³/mol. The molecule has 2 nitrogen and oxygen atoms in total. The molecule has 0 saturated carbocycles. The van der Waals surface area contributed by atoms with E-state index in [9.17, 15) is 0 Å². The van der Waals surface area contributed by atoms with Gasteiger partial charge in [0.25, 0.3) is 0 Å². The van der Waals surface area contributed by atoms with Crippen LogP contribution in [0.1, 0.15) is 11.1 Å². The number of nitrogens with zero attached hydrogens (tertiary/aromatic N) is 2. The van der Waals surface area contributed by atoms with Crippen molar-refractivity contribution in [2.24, 2.45) is 0 Å². The van der Waals surface area contributed by atoms with Gasteiger partial charge in [-0.25, -0.2) is 4.98 Å². The molecule has 6 rings (SSSR count). The van der Waals surface area contributed by atoms with Crippen molar-refractivity contribution in [1.82, 2.24) is 4.98 Å². The third-order valence-corrected chi connectivity index (χ3v) is 5.62. The van der Waals surface area contributed by atoms with Crippen LogP contribution in [0.25, 0.3) is 21.8 Å². The third kappa shape index (κ3) is 2.25. The van der Waals surface area contributed by atoms with Crippen molar-refractivity contribution in [3.05, 3.63) is 108 Å². The molecular formula is C26H18N2. The van der Waals surface area contributed by atoms with Crippen LogP contribution < -0.4 is 4.90 Å². The average molecular weight is 358 g/mol. The molecule has 2 heteroatoms. The molecule has 0 saturated heterocycles. The van der Waals surface area contributed by atoms with Crippen molar-refractivity contribution in [1.29, 1.82) is 0 Å². The third-order valence-electron chi connectivity index (χ3n) is 5.62. The summed E-state index contributed by atoms with van der Waals surface area (Å²) in [5.41, 5.74) is 8.45. The van der Waals surface area contributed by atoms with Gasteiger partial charge in [-0.05, 0) is 47.5 Å². The van der Waals surface area contributed by atoms with Crippen molar-refractivity contribution in [2.75, 3.05) is 4.90 Å². The highest BCUT2D eigenvalue weighted by Crippen LogP contribution is 2.45. The number of fused-ring (bicyclic) bond motifs is 4. The van der Waals surface area contributed by atoms with Crippen molar-refractivity contribution >= 4 is 38.9 Å². The highest BCUT2D eigenvalue weighted by atomic mass is 15.2. The number of pyridine rings is 1. The Balaban J connectivity index is 1.69. The van der Waals surface area contributed by atoms with E-state index in [0.29, 0.717) is 0 Å². The largest absolute Gasteiger partial charge is 0.309 e. The Kier molecular flexibility index (Phi) is 3.26. The molecular weight excluding hydrogens is 340 g/mol. The van der Waals surface area contributed by atoms with E-state index in [1.807, 2.05) is 6.07 Å². The van der Waals surface area contributed by atoms with Gasteiger partial charge in [-0.2, -0.15) is 0 Å². The molecule has 0 bridgehead atoms. The van der Waals surface area contributed by atoms with Crippen molar-refractivity contribution in [3.63, 3.8) is 0 Å². The molecule has 4 aromatic carbocycles. The van der Waals surface area contributed by atoms with Crippen LogP contribution in [-0.4, -0.2) is 4.98 Å². The van der Waals surface area contributed by atoms with Crippen LogP contribution in [0.3, 0.4) is 0 Å². The first-order valence-electron chi connectivity index (χ1n) is 9.63. The number of hydrogen-bond donors (Lipinski definition) is 0. The normalized spacial score (nSPS) is 12.8. The second kappa shape index (κ2) is 5.93. The van der Waals surface area contributed by atoms with Crippen LogP contribution in [0, 0.1) is 0 Å². The Hall–Kier alpha value is -3.65. The number of anilines is 3. The lowest BCUT2D eigenvalue weighted by Crippen LogP contribution is -2.18. The molecule has 0 fully saturated rings. The molecule has 1 aliphatic heterocycles. The first kappa shape index (κ1) is 15.4. The van der Waals surface area contributed by atoms with Gasteiger partial charge in [-0.1, -0.05) is 60.7 Å². The fourth-order valence-corrected chi connectivity index (χ4v) is 4.33. The Bertz CT molecular complexity index is 1310. The van der Waals surface area contributed by atoms with Crippen LogP contribution in [0.4, 0.5) is 17.1 Å². The minimum atomic E-state index is 0.967. The molecule has 0 amide bonds. The molecule has 0 spiro atoms. The molecule has 1 aromatic heterocycles. The molecule has 0 unspecified atom stereocenters. The fourth-order valence-electron chi connectivity index (χ4n) is 4.33. The Morgan fingerprint density at radius 1 is 0.571 bits per heavy atom. The second-order valence-electron chi connectivity index (χ2n) is 7.29. The Morgan fingerprint density at radius 3 is 1.96 bits per heavy atom. The van der Waals surface area contributed by atoms with Gasteiger partial charge in [0.1, 0.15) is 0 Å². The first-order valence-corrected chi connectivity index (χ1v) is 9.63. The van der Waals surface area contributed by atoms with E-state index in [2.05, 4.69) is 95.9 Å². The molecule has 0 radical (unpaired) electrons. The van der Waals surface area contributed by atoms with E-state index in [0.717, 1.165) is 17.5 Å². The van der Waals surface area contributed by atoms with Gasteiger partial charge >= 0.3 is 0 Å². The summed E-state index contributed by atoms with van der Waals surface area (Å²) in [7, 11) is 0. The molecule has 1 aliphatic rings. The van der Waals surface area contributed by atoms with E-state index in [1.54, 1.807) is 0 Å². The van der Waals surface area contributed by atoms with Crippen LogP contribution in [0.5, 0.6) is 0 Å². The molecule has 28 heavy (non-hydrogen) atoms. The molecule has 132 valence electrons. The van der Waals surface area contributed by atoms with E-state index >= 15 is 0 Å². The zero-order valence-electron chi connectivity index (χ0n) is 15.3. The standard InChI is InChI=1S/C26H18N2/c1-4-11-22-18(8-1)17-21-23(27-22)12-7-15-26(21)28-24-13-5-2-9-19(24)16-20-10-3-6-14-25(20)28/h1-15,17H,16H2. The van der Waals surface area contributed by atoms with Crippen LogP contribution in [0.2, 0.25) is 0 Å². The lowest BCUT2D eigenvalue weighted by atomic mass is 9.94. The number of benzene rings is 4. The minimum Gasteiger partial charge on any atom is -0.309 e. The number of aromatic nitrogens is 1. The molecule has 2 heterocycles. The molecule has 0 atom stereocenters. The second-order valence-corrected chi connectivity index (χ2v) is 7.29. The zero-order chi connectivity index (χ0) is 18.5. The van der Waals surface area contributed by atoms with E-state index < -0.39 is 0 Å². The van der Waals surface area contributed by atoms with Crippen LogP contribution in [0.15, 0.2) is 97.1 Å². The summed E-state index contributed by atoms with van der Waals surface area (Å²) in [6.45, 7) is 0. The van der Waals surface area contributed by atoms with Gasteiger partial charge in [0.2, 0.25) is 0 Å². The average Bonchev–Trinajstić information content (AvgIpc) is 2.76. The summed E-state index contributed by atoms with van der Waals surface area (Å²) in [5, 5.41) is 2.34. The summed E-state index contributed by atoms with van der Waals surface area (Å²) < 4.78 is 0. The van der Waals surface area contributed by atoms with Crippen LogP contribution >= 0.6 is 0 Å². The number of hydrogen-bond acceptors (Lipinski definition) is 2. The quantitative estimate of drug-likeness (QED) is 0.302. The smallest absolute Gasteiger partial charge is 0.0730 e. The fraction of sp³-hybridized carbons (Fsp3) is 0.0385. The predicted octanol–water partition coefficient (Wildman–Crippen LogP) is 6.76. The number of para-hydroxylation sites is 3. The summed E-state index contributed by atoms with van der Waals surface area (Å²) in [6, 6.07) is 34.4. The van der Waals surface area contributed by atoms with Gasteiger partial charge in [-0.3, -0.25) is 0 Å². The maximum absolute atomic E-state index is 4.92. The zero-order valence-corrected chi connectivity index (χ0v) is 15.3. The minimum absolute atomic E-state index is 0.967. The molecule has 0 N–H and O–H groups in total. The SMILES string of the molecule is c1ccc2c(c1)Cc1ccccc1N2c1cccc2nc3ccccc3cc12. The van der Waals surface area contributed by atoms with Gasteiger partial charge in [0.15, 0.2) is 0 Å². The lowest BCUT2D eigenvalue weighted by Gasteiger charge is -2.34.